The Morgan fingerprint density at radius 2 is 1.71 bits per heavy atom. The van der Waals surface area contributed by atoms with Crippen molar-refractivity contribution in [2.75, 3.05) is 68.9 Å². The van der Waals surface area contributed by atoms with Gasteiger partial charge in [0.1, 0.15) is 11.4 Å². The quantitative estimate of drug-likeness (QED) is 0.332. The summed E-state index contributed by atoms with van der Waals surface area (Å²) >= 11 is 0. The number of ether oxygens (including phenoxy) is 2. The number of hydrogen-bond acceptors (Lipinski definition) is 7. The molecule has 9 nitrogen and oxygen atoms in total. The number of carbonyl (C=O) groups excluding carboxylic acids is 1. The summed E-state index contributed by atoms with van der Waals surface area (Å²) in [6.45, 7) is 7.73. The average molecular weight is 469 g/mol. The van der Waals surface area contributed by atoms with Gasteiger partial charge in [-0.25, -0.2) is 0 Å². The maximum atomic E-state index is 13.0. The predicted octanol–water partition coefficient (Wildman–Crippen LogP) is 3.57. The van der Waals surface area contributed by atoms with Crippen LogP contribution in [0.1, 0.15) is 30.1 Å². The number of piperazine rings is 1. The number of morpholine rings is 1. The third-order valence-corrected chi connectivity index (χ3v) is 6.31. The Bertz CT molecular complexity index is 983. The molecule has 0 aromatic heterocycles. The van der Waals surface area contributed by atoms with E-state index in [4.69, 9.17) is 9.47 Å². The Hall–Kier alpha value is -3.33. The van der Waals surface area contributed by atoms with Crippen LogP contribution in [-0.2, 0) is 4.74 Å². The highest BCUT2D eigenvalue weighted by Crippen LogP contribution is 2.33. The Kier molecular flexibility index (Phi) is 7.84. The zero-order chi connectivity index (χ0) is 23.9. The Morgan fingerprint density at radius 3 is 2.35 bits per heavy atom. The van der Waals surface area contributed by atoms with Crippen LogP contribution in [0.15, 0.2) is 42.5 Å². The minimum atomic E-state index is -0.328. The van der Waals surface area contributed by atoms with Crippen molar-refractivity contribution in [2.45, 2.75) is 19.8 Å². The van der Waals surface area contributed by atoms with E-state index in [-0.39, 0.29) is 16.5 Å². The molecule has 1 amide bonds. The molecule has 2 saturated heterocycles. The van der Waals surface area contributed by atoms with Crippen molar-refractivity contribution in [3.05, 3.63) is 58.1 Å². The number of rotatable bonds is 8. The molecule has 0 spiro atoms. The molecule has 0 N–H and O–H groups in total. The largest absolute Gasteiger partial charge is 0.494 e. The zero-order valence-electron chi connectivity index (χ0n) is 19.6. The van der Waals surface area contributed by atoms with Crippen LogP contribution in [0.4, 0.5) is 17.1 Å². The second kappa shape index (κ2) is 11.2. The molecule has 0 radical (unpaired) electrons. The first-order valence-corrected chi connectivity index (χ1v) is 11.9. The number of nitro groups is 1. The van der Waals surface area contributed by atoms with E-state index in [0.717, 1.165) is 24.3 Å². The lowest BCUT2D eigenvalue weighted by Crippen LogP contribution is -2.48. The fraction of sp³-hybridized carbons (Fsp3) is 0.480. The lowest BCUT2D eigenvalue weighted by atomic mass is 10.1. The number of unbranched alkanes of at least 4 members (excludes halogenated alkanes) is 1. The predicted molar refractivity (Wildman–Crippen MR) is 131 cm³/mol. The fourth-order valence-corrected chi connectivity index (χ4v) is 4.30. The van der Waals surface area contributed by atoms with Crippen molar-refractivity contribution in [3.63, 3.8) is 0 Å². The van der Waals surface area contributed by atoms with Crippen molar-refractivity contribution in [3.8, 4) is 5.75 Å². The number of nitro benzene ring substituents is 1. The SMILES string of the molecule is CCCCOc1ccc(C(=O)N2CCN(c3ccc([N+](=O)[O-])c(N4CCOCC4)c3)CC2)cc1. The van der Waals surface area contributed by atoms with Gasteiger partial charge in [0.15, 0.2) is 0 Å². The first-order chi connectivity index (χ1) is 16.6. The van der Waals surface area contributed by atoms with Crippen molar-refractivity contribution >= 4 is 23.0 Å². The molecule has 0 bridgehead atoms. The minimum Gasteiger partial charge on any atom is -0.494 e. The van der Waals surface area contributed by atoms with E-state index in [0.29, 0.717) is 70.3 Å². The first kappa shape index (κ1) is 23.8. The monoisotopic (exact) mass is 468 g/mol. The van der Waals surface area contributed by atoms with Crippen molar-refractivity contribution < 1.29 is 19.2 Å². The summed E-state index contributed by atoms with van der Waals surface area (Å²) < 4.78 is 11.1. The zero-order valence-corrected chi connectivity index (χ0v) is 19.6. The average Bonchev–Trinajstić information content (AvgIpc) is 2.89. The van der Waals surface area contributed by atoms with Gasteiger partial charge in [-0.1, -0.05) is 13.3 Å². The highest BCUT2D eigenvalue weighted by molar-refractivity contribution is 5.94. The molecule has 0 saturated carbocycles. The normalized spacial score (nSPS) is 16.4. The van der Waals surface area contributed by atoms with E-state index in [1.165, 1.54) is 0 Å². The van der Waals surface area contributed by atoms with Crippen LogP contribution in [0.3, 0.4) is 0 Å². The van der Waals surface area contributed by atoms with Crippen LogP contribution in [0.5, 0.6) is 5.75 Å². The van der Waals surface area contributed by atoms with Gasteiger partial charge in [0, 0.05) is 56.6 Å². The van der Waals surface area contributed by atoms with Crippen molar-refractivity contribution in [1.82, 2.24) is 4.90 Å². The number of nitrogens with zero attached hydrogens (tertiary/aromatic N) is 4. The van der Waals surface area contributed by atoms with Crippen LogP contribution < -0.4 is 14.5 Å². The maximum Gasteiger partial charge on any atom is 0.292 e. The van der Waals surface area contributed by atoms with Gasteiger partial charge in [-0.2, -0.15) is 0 Å². The van der Waals surface area contributed by atoms with Crippen LogP contribution in [0.2, 0.25) is 0 Å². The van der Waals surface area contributed by atoms with Crippen molar-refractivity contribution in [2.24, 2.45) is 0 Å². The summed E-state index contributed by atoms with van der Waals surface area (Å²) in [6.07, 6.45) is 2.09. The Labute approximate surface area is 200 Å². The van der Waals surface area contributed by atoms with Gasteiger partial charge in [0.2, 0.25) is 0 Å². The molecule has 2 aromatic carbocycles. The van der Waals surface area contributed by atoms with Gasteiger partial charge in [0.25, 0.3) is 11.6 Å². The minimum absolute atomic E-state index is 0.0115. The van der Waals surface area contributed by atoms with E-state index in [1.54, 1.807) is 12.1 Å². The van der Waals surface area contributed by atoms with E-state index in [1.807, 2.05) is 40.1 Å². The van der Waals surface area contributed by atoms with Gasteiger partial charge >= 0.3 is 0 Å². The third-order valence-electron chi connectivity index (χ3n) is 6.31. The molecule has 182 valence electrons. The van der Waals surface area contributed by atoms with Crippen LogP contribution in [-0.4, -0.2) is 74.8 Å². The number of amides is 1. The summed E-state index contributed by atoms with van der Waals surface area (Å²) in [6, 6.07) is 12.6. The van der Waals surface area contributed by atoms with E-state index < -0.39 is 0 Å². The fourth-order valence-electron chi connectivity index (χ4n) is 4.30. The van der Waals surface area contributed by atoms with E-state index in [2.05, 4.69) is 11.8 Å². The Morgan fingerprint density at radius 1 is 1.00 bits per heavy atom. The van der Waals surface area contributed by atoms with Crippen LogP contribution in [0.25, 0.3) is 0 Å². The number of benzene rings is 2. The smallest absolute Gasteiger partial charge is 0.292 e. The molecular formula is C25H32N4O5. The molecule has 34 heavy (non-hydrogen) atoms. The molecule has 9 heteroatoms. The first-order valence-electron chi connectivity index (χ1n) is 11.9. The summed E-state index contributed by atoms with van der Waals surface area (Å²) in [4.78, 5) is 30.3. The third kappa shape index (κ3) is 5.59. The number of carbonyl (C=O) groups is 1. The number of anilines is 2. The molecule has 2 aromatic rings. The van der Waals surface area contributed by atoms with Crippen LogP contribution in [0, 0.1) is 10.1 Å². The van der Waals surface area contributed by atoms with E-state index >= 15 is 0 Å². The number of hydrogen-bond donors (Lipinski definition) is 0. The topological polar surface area (TPSA) is 88.4 Å². The van der Waals surface area contributed by atoms with Gasteiger partial charge in [-0.3, -0.25) is 14.9 Å². The highest BCUT2D eigenvalue weighted by atomic mass is 16.6. The van der Waals surface area contributed by atoms with Gasteiger partial charge < -0.3 is 24.2 Å². The van der Waals surface area contributed by atoms with E-state index in [9.17, 15) is 14.9 Å². The maximum absolute atomic E-state index is 13.0. The standard InChI is InChI=1S/C25H32N4O5/c1-2-3-16-34-22-7-4-20(5-8-22)25(30)28-12-10-26(11-13-28)21-6-9-23(29(31)32)24(19-21)27-14-17-33-18-15-27/h4-9,19H,2-3,10-18H2,1H3. The van der Waals surface area contributed by atoms with Gasteiger partial charge in [0.05, 0.1) is 24.7 Å². The highest BCUT2D eigenvalue weighted by Gasteiger charge is 2.26. The lowest BCUT2D eigenvalue weighted by Gasteiger charge is -2.37. The second-order valence-corrected chi connectivity index (χ2v) is 8.54. The second-order valence-electron chi connectivity index (χ2n) is 8.54. The molecule has 2 heterocycles. The van der Waals surface area contributed by atoms with Gasteiger partial charge in [-0.05, 0) is 42.8 Å². The molecule has 4 rings (SSSR count). The molecule has 0 aliphatic carbocycles. The molecule has 2 fully saturated rings. The molecule has 0 atom stereocenters. The van der Waals surface area contributed by atoms with Gasteiger partial charge in [-0.15, -0.1) is 0 Å². The molecular weight excluding hydrogens is 436 g/mol. The summed E-state index contributed by atoms with van der Waals surface area (Å²) in [7, 11) is 0. The molecule has 2 aliphatic rings. The summed E-state index contributed by atoms with van der Waals surface area (Å²) in [5, 5.41) is 11.6. The van der Waals surface area contributed by atoms with Crippen LogP contribution >= 0.6 is 0 Å². The Balaban J connectivity index is 1.38. The molecule has 0 unspecified atom stereocenters. The van der Waals surface area contributed by atoms with Crippen molar-refractivity contribution in [1.29, 1.82) is 0 Å². The summed E-state index contributed by atoms with van der Waals surface area (Å²) in [5.74, 6) is 0.793. The molecule has 2 aliphatic heterocycles. The lowest BCUT2D eigenvalue weighted by molar-refractivity contribution is -0.384. The summed E-state index contributed by atoms with van der Waals surface area (Å²) in [5.41, 5.74) is 2.33.